The second-order valence-corrected chi connectivity index (χ2v) is 10.6. The van der Waals surface area contributed by atoms with Crippen LogP contribution >= 0.6 is 11.6 Å². The molecule has 1 aliphatic heterocycles. The first kappa shape index (κ1) is 27.3. The number of aryl methyl sites for hydroxylation is 2. The zero-order chi connectivity index (χ0) is 25.7. The van der Waals surface area contributed by atoms with E-state index in [0.29, 0.717) is 28.1 Å². The van der Waals surface area contributed by atoms with Gasteiger partial charge in [0.05, 0.1) is 0 Å². The predicted molar refractivity (Wildman–Crippen MR) is 146 cm³/mol. The number of amides is 1. The summed E-state index contributed by atoms with van der Waals surface area (Å²) in [7, 11) is 0. The summed E-state index contributed by atoms with van der Waals surface area (Å²) in [6.07, 6.45) is 3.77. The highest BCUT2D eigenvalue weighted by atomic mass is 35.5. The van der Waals surface area contributed by atoms with E-state index in [1.165, 1.54) is 25.9 Å². The van der Waals surface area contributed by atoms with Crippen molar-refractivity contribution in [3.8, 4) is 0 Å². The van der Waals surface area contributed by atoms with Gasteiger partial charge in [-0.1, -0.05) is 18.5 Å². The summed E-state index contributed by atoms with van der Waals surface area (Å²) in [6, 6.07) is 6.18. The number of anilines is 1. The molecule has 35 heavy (non-hydrogen) atoms. The molecule has 0 aliphatic carbocycles. The Balaban J connectivity index is 1.73. The van der Waals surface area contributed by atoms with Crippen molar-refractivity contribution in [2.75, 3.05) is 31.1 Å². The number of hydrogen-bond donors (Lipinski definition) is 2. The fourth-order valence-electron chi connectivity index (χ4n) is 5.36. The van der Waals surface area contributed by atoms with E-state index >= 15 is 0 Å². The Kier molecular flexibility index (Phi) is 9.42. The third-order valence-electron chi connectivity index (χ3n) is 7.27. The summed E-state index contributed by atoms with van der Waals surface area (Å²) in [6.45, 7) is 16.8. The normalized spacial score (nSPS) is 15.7. The molecule has 1 aromatic heterocycles. The average molecular weight is 501 g/mol. The molecule has 0 spiro atoms. The van der Waals surface area contributed by atoms with E-state index in [1.54, 1.807) is 6.07 Å². The minimum absolute atomic E-state index is 0.166. The number of halogens is 1. The highest BCUT2D eigenvalue weighted by Crippen LogP contribution is 2.29. The molecule has 2 heterocycles. The Bertz CT molecular complexity index is 1090. The first-order chi connectivity index (χ1) is 16.6. The molecule has 1 amide bonds. The van der Waals surface area contributed by atoms with Gasteiger partial charge in [-0.05, 0) is 102 Å². The first-order valence-corrected chi connectivity index (χ1v) is 13.2. The summed E-state index contributed by atoms with van der Waals surface area (Å²) in [5.74, 6) is 0.287. The van der Waals surface area contributed by atoms with Gasteiger partial charge in [0.25, 0.3) is 11.5 Å². The molecule has 0 unspecified atom stereocenters. The van der Waals surface area contributed by atoms with Gasteiger partial charge in [-0.3, -0.25) is 9.59 Å². The first-order valence-electron chi connectivity index (χ1n) is 12.9. The second kappa shape index (κ2) is 12.1. The Morgan fingerprint density at radius 1 is 1.17 bits per heavy atom. The molecule has 1 aromatic carbocycles. The van der Waals surface area contributed by atoms with Crippen molar-refractivity contribution in [3.63, 3.8) is 0 Å². The van der Waals surface area contributed by atoms with Crippen LogP contribution in [0, 0.1) is 26.7 Å². The summed E-state index contributed by atoms with van der Waals surface area (Å²) in [4.78, 5) is 33.2. The molecule has 1 fully saturated rings. The van der Waals surface area contributed by atoms with Gasteiger partial charge in [-0.2, -0.15) is 0 Å². The number of pyridine rings is 1. The lowest BCUT2D eigenvalue weighted by Crippen LogP contribution is -2.35. The summed E-state index contributed by atoms with van der Waals surface area (Å²) in [5.41, 5.74) is 4.52. The smallest absolute Gasteiger partial charge is 0.253 e. The molecule has 1 saturated heterocycles. The largest absolute Gasteiger partial charge is 0.371 e. The quantitative estimate of drug-likeness (QED) is 0.469. The highest BCUT2D eigenvalue weighted by molar-refractivity contribution is 6.31. The number of carbonyl (C=O) groups excluding carboxylic acids is 1. The lowest BCUT2D eigenvalue weighted by Gasteiger charge is -2.32. The van der Waals surface area contributed by atoms with Crippen LogP contribution in [0.3, 0.4) is 0 Å². The van der Waals surface area contributed by atoms with Gasteiger partial charge >= 0.3 is 0 Å². The van der Waals surface area contributed by atoms with Gasteiger partial charge in [-0.15, -0.1) is 0 Å². The van der Waals surface area contributed by atoms with Crippen LogP contribution in [0.25, 0.3) is 0 Å². The zero-order valence-electron chi connectivity index (χ0n) is 22.1. The Hall–Kier alpha value is -2.31. The molecule has 1 aliphatic rings. The summed E-state index contributed by atoms with van der Waals surface area (Å²) >= 11 is 6.49. The molecule has 192 valence electrons. The lowest BCUT2D eigenvalue weighted by molar-refractivity contribution is 0.0950. The number of nitrogens with zero attached hydrogens (tertiary/aromatic N) is 2. The maximum Gasteiger partial charge on any atom is 0.253 e. The molecule has 3 rings (SSSR count). The van der Waals surface area contributed by atoms with Crippen molar-refractivity contribution in [1.29, 1.82) is 0 Å². The molecule has 7 heteroatoms. The molecule has 0 bridgehead atoms. The Labute approximate surface area is 215 Å². The molecule has 6 nitrogen and oxygen atoms in total. The number of rotatable bonds is 10. The second-order valence-electron chi connectivity index (χ2n) is 10.2. The van der Waals surface area contributed by atoms with E-state index in [0.717, 1.165) is 42.0 Å². The molecule has 0 saturated carbocycles. The fraction of sp³-hybridized carbons (Fsp3) is 0.571. The predicted octanol–water partition coefficient (Wildman–Crippen LogP) is 5.22. The summed E-state index contributed by atoms with van der Waals surface area (Å²) < 4.78 is 0. The Morgan fingerprint density at radius 3 is 2.49 bits per heavy atom. The number of hydrogen-bond acceptors (Lipinski definition) is 4. The average Bonchev–Trinajstić information content (AvgIpc) is 3.33. The van der Waals surface area contributed by atoms with E-state index in [4.69, 9.17) is 11.6 Å². The van der Waals surface area contributed by atoms with Crippen LogP contribution in [0.4, 0.5) is 5.69 Å². The number of nitrogens with one attached hydrogen (secondary N) is 2. The van der Waals surface area contributed by atoms with Crippen LogP contribution in [0.5, 0.6) is 0 Å². The number of carbonyl (C=O) groups is 1. The molecule has 2 N–H and O–H groups in total. The summed E-state index contributed by atoms with van der Waals surface area (Å²) in [5, 5.41) is 3.46. The molecular formula is C28H41ClN4O2. The number of aromatic nitrogens is 1. The van der Waals surface area contributed by atoms with Gasteiger partial charge in [-0.25, -0.2) is 0 Å². The van der Waals surface area contributed by atoms with Crippen molar-refractivity contribution >= 4 is 23.2 Å². The lowest BCUT2D eigenvalue weighted by atomic mass is 9.99. The van der Waals surface area contributed by atoms with Crippen LogP contribution in [0.15, 0.2) is 23.0 Å². The van der Waals surface area contributed by atoms with Crippen molar-refractivity contribution in [2.45, 2.75) is 73.4 Å². The minimum atomic E-state index is -0.225. The fourth-order valence-corrected chi connectivity index (χ4v) is 5.57. The van der Waals surface area contributed by atoms with Crippen LogP contribution < -0.4 is 15.8 Å². The van der Waals surface area contributed by atoms with Gasteiger partial charge in [0, 0.05) is 53.2 Å². The number of benzene rings is 1. The molecule has 2 aromatic rings. The van der Waals surface area contributed by atoms with E-state index in [9.17, 15) is 9.59 Å². The SMILES string of the molecule is CCN(C[C@H](C)C[C@@H](C)N1CCCC1)c1cc(Cl)cc(C(=O)NCc2c(C)cc(C)[nH]c2=O)c1C. The molecule has 0 radical (unpaired) electrons. The standard InChI is InChI=1S/C28H41ClN4O2/c1-7-32(17-18(2)12-21(5)33-10-8-9-11-33)26-15-23(29)14-24(22(26)6)27(34)30-16-25-19(3)13-20(4)31-28(25)35/h13-15,18,21H,7-12,16-17H2,1-6H3,(H,30,34)(H,31,35)/t18-,21-/m1/s1. The highest BCUT2D eigenvalue weighted by Gasteiger charge is 2.23. The van der Waals surface area contributed by atoms with Crippen molar-refractivity contribution in [3.05, 3.63) is 61.5 Å². The molecule has 2 atom stereocenters. The molecular weight excluding hydrogens is 460 g/mol. The Morgan fingerprint density at radius 2 is 1.86 bits per heavy atom. The third kappa shape index (κ3) is 6.89. The van der Waals surface area contributed by atoms with Crippen LogP contribution in [0.2, 0.25) is 5.02 Å². The van der Waals surface area contributed by atoms with Gasteiger partial charge in [0.2, 0.25) is 0 Å². The number of H-pyrrole nitrogens is 1. The third-order valence-corrected chi connectivity index (χ3v) is 7.49. The maximum atomic E-state index is 13.2. The van der Waals surface area contributed by atoms with Gasteiger partial charge in [0.1, 0.15) is 0 Å². The topological polar surface area (TPSA) is 68.4 Å². The number of likely N-dealkylation sites (tertiary alicyclic amines) is 1. The minimum Gasteiger partial charge on any atom is -0.371 e. The van der Waals surface area contributed by atoms with E-state index < -0.39 is 0 Å². The number of aromatic amines is 1. The zero-order valence-corrected chi connectivity index (χ0v) is 22.9. The van der Waals surface area contributed by atoms with E-state index in [2.05, 4.69) is 40.9 Å². The van der Waals surface area contributed by atoms with E-state index in [-0.39, 0.29) is 18.0 Å². The maximum absolute atomic E-state index is 13.2. The van der Waals surface area contributed by atoms with E-state index in [1.807, 2.05) is 32.9 Å². The van der Waals surface area contributed by atoms with Crippen molar-refractivity contribution < 1.29 is 4.79 Å². The van der Waals surface area contributed by atoms with Crippen LogP contribution in [0.1, 0.15) is 72.8 Å². The monoisotopic (exact) mass is 500 g/mol. The van der Waals surface area contributed by atoms with Gasteiger partial charge in [0.15, 0.2) is 0 Å². The van der Waals surface area contributed by atoms with Crippen LogP contribution in [-0.2, 0) is 6.54 Å². The van der Waals surface area contributed by atoms with Crippen LogP contribution in [-0.4, -0.2) is 48.0 Å². The van der Waals surface area contributed by atoms with Gasteiger partial charge < -0.3 is 20.1 Å². The van der Waals surface area contributed by atoms with Crippen molar-refractivity contribution in [2.24, 2.45) is 5.92 Å². The van der Waals surface area contributed by atoms with Crippen molar-refractivity contribution in [1.82, 2.24) is 15.2 Å².